The largest absolute Gasteiger partial charge is 0.481 e. The molecule has 0 radical (unpaired) electrons. The fraction of sp³-hybridized carbons (Fsp3) is 0.529. The summed E-state index contributed by atoms with van der Waals surface area (Å²) in [6.07, 6.45) is 13.0. The summed E-state index contributed by atoms with van der Waals surface area (Å²) in [7, 11) is 0. The SMILES string of the molecule is CCCCCCCCOC(=O)c1ccccc1C(=O)OCCCCCCCC.O=C(O)CCC(=O)O.c1ccccc1. The highest BCUT2D eigenvalue weighted by atomic mass is 16.5. The van der Waals surface area contributed by atoms with Crippen LogP contribution in [0.3, 0.4) is 0 Å². The lowest BCUT2D eigenvalue weighted by molar-refractivity contribution is -0.143. The summed E-state index contributed by atoms with van der Waals surface area (Å²) in [6.45, 7) is 5.17. The van der Waals surface area contributed by atoms with Crippen molar-refractivity contribution < 1.29 is 38.9 Å². The molecule has 0 aliphatic heterocycles. The first-order valence-corrected chi connectivity index (χ1v) is 15.2. The second-order valence-electron chi connectivity index (χ2n) is 9.80. The van der Waals surface area contributed by atoms with Crippen molar-refractivity contribution in [3.05, 3.63) is 71.8 Å². The number of carbonyl (C=O) groups is 4. The van der Waals surface area contributed by atoms with Crippen LogP contribution in [0.5, 0.6) is 0 Å². The molecule has 0 atom stereocenters. The molecule has 0 unspecified atom stereocenters. The summed E-state index contributed by atoms with van der Waals surface area (Å²) in [6, 6.07) is 18.7. The molecule has 2 aromatic carbocycles. The molecular formula is C34H50O8. The second-order valence-corrected chi connectivity index (χ2v) is 9.80. The van der Waals surface area contributed by atoms with Gasteiger partial charge in [-0.25, -0.2) is 9.59 Å². The molecule has 0 amide bonds. The number of hydrogen-bond acceptors (Lipinski definition) is 6. The number of carbonyl (C=O) groups excluding carboxylic acids is 2. The van der Waals surface area contributed by atoms with E-state index in [1.165, 1.54) is 51.4 Å². The van der Waals surface area contributed by atoms with E-state index < -0.39 is 23.9 Å². The molecule has 0 bridgehead atoms. The van der Waals surface area contributed by atoms with Crippen molar-refractivity contribution in [3.63, 3.8) is 0 Å². The van der Waals surface area contributed by atoms with Crippen LogP contribution in [0.15, 0.2) is 60.7 Å². The summed E-state index contributed by atoms with van der Waals surface area (Å²) in [5, 5.41) is 15.8. The van der Waals surface area contributed by atoms with Gasteiger partial charge in [0.15, 0.2) is 0 Å². The molecule has 234 valence electrons. The molecule has 42 heavy (non-hydrogen) atoms. The van der Waals surface area contributed by atoms with Gasteiger partial charge < -0.3 is 19.7 Å². The molecule has 0 fully saturated rings. The second kappa shape index (κ2) is 27.5. The van der Waals surface area contributed by atoms with Crippen molar-refractivity contribution in [1.29, 1.82) is 0 Å². The Morgan fingerprint density at radius 1 is 0.500 bits per heavy atom. The number of hydrogen-bond donors (Lipinski definition) is 2. The first kappa shape index (κ1) is 38.3. The highest BCUT2D eigenvalue weighted by molar-refractivity contribution is 6.03. The van der Waals surface area contributed by atoms with Gasteiger partial charge in [0, 0.05) is 0 Å². The zero-order chi connectivity index (χ0) is 31.3. The Bertz CT molecular complexity index is 885. The lowest BCUT2D eigenvalue weighted by atomic mass is 10.1. The van der Waals surface area contributed by atoms with E-state index >= 15 is 0 Å². The number of unbranched alkanes of at least 4 members (excludes halogenated alkanes) is 10. The minimum atomic E-state index is -1.08. The zero-order valence-corrected chi connectivity index (χ0v) is 25.4. The van der Waals surface area contributed by atoms with Gasteiger partial charge in [0.05, 0.1) is 37.2 Å². The van der Waals surface area contributed by atoms with Gasteiger partial charge in [-0.2, -0.15) is 0 Å². The topological polar surface area (TPSA) is 127 Å². The van der Waals surface area contributed by atoms with Crippen LogP contribution in [-0.2, 0) is 19.1 Å². The van der Waals surface area contributed by atoms with Gasteiger partial charge in [0.2, 0.25) is 0 Å². The van der Waals surface area contributed by atoms with Crippen molar-refractivity contribution in [3.8, 4) is 0 Å². The Morgan fingerprint density at radius 2 is 0.810 bits per heavy atom. The quantitative estimate of drug-likeness (QED) is 0.124. The van der Waals surface area contributed by atoms with E-state index in [9.17, 15) is 19.2 Å². The number of aliphatic carboxylic acids is 2. The van der Waals surface area contributed by atoms with Crippen molar-refractivity contribution in [2.24, 2.45) is 0 Å². The monoisotopic (exact) mass is 586 g/mol. The van der Waals surface area contributed by atoms with Crippen molar-refractivity contribution in [2.45, 2.75) is 104 Å². The van der Waals surface area contributed by atoms with Gasteiger partial charge in [0.1, 0.15) is 0 Å². The van der Waals surface area contributed by atoms with Crippen molar-refractivity contribution in [1.82, 2.24) is 0 Å². The van der Waals surface area contributed by atoms with Gasteiger partial charge >= 0.3 is 23.9 Å². The van der Waals surface area contributed by atoms with Gasteiger partial charge in [-0.15, -0.1) is 0 Å². The lowest BCUT2D eigenvalue weighted by Gasteiger charge is -2.10. The summed E-state index contributed by atoms with van der Waals surface area (Å²) in [5.41, 5.74) is 0.586. The van der Waals surface area contributed by atoms with Crippen LogP contribution >= 0.6 is 0 Å². The molecule has 2 rings (SSSR count). The predicted molar refractivity (Wildman–Crippen MR) is 165 cm³/mol. The van der Waals surface area contributed by atoms with Crippen molar-refractivity contribution >= 4 is 23.9 Å². The van der Waals surface area contributed by atoms with E-state index in [1.807, 2.05) is 36.4 Å². The molecule has 0 aliphatic carbocycles. The number of rotatable bonds is 19. The maximum absolute atomic E-state index is 12.4. The number of benzene rings is 2. The Balaban J connectivity index is 0.000000973. The molecule has 0 aliphatic rings. The summed E-state index contributed by atoms with van der Waals surface area (Å²) < 4.78 is 10.7. The van der Waals surface area contributed by atoms with E-state index in [0.717, 1.165) is 25.7 Å². The zero-order valence-electron chi connectivity index (χ0n) is 25.4. The summed E-state index contributed by atoms with van der Waals surface area (Å²) in [5.74, 6) is -3.04. The highest BCUT2D eigenvalue weighted by Gasteiger charge is 2.18. The third-order valence-electron chi connectivity index (χ3n) is 6.05. The third-order valence-corrected chi connectivity index (χ3v) is 6.05. The molecule has 0 aromatic heterocycles. The molecule has 8 nitrogen and oxygen atoms in total. The van der Waals surface area contributed by atoms with Gasteiger partial charge in [-0.1, -0.05) is 127 Å². The third kappa shape index (κ3) is 23.1. The van der Waals surface area contributed by atoms with Gasteiger partial charge in [0.25, 0.3) is 0 Å². The average Bonchev–Trinajstić information content (AvgIpc) is 3.00. The minimum Gasteiger partial charge on any atom is -0.481 e. The molecule has 2 N–H and O–H groups in total. The first-order chi connectivity index (χ1) is 20.3. The first-order valence-electron chi connectivity index (χ1n) is 15.2. The fourth-order valence-corrected chi connectivity index (χ4v) is 3.69. The van der Waals surface area contributed by atoms with E-state index in [2.05, 4.69) is 13.8 Å². The Labute approximate surface area is 251 Å². The van der Waals surface area contributed by atoms with Gasteiger partial charge in [-0.05, 0) is 25.0 Å². The number of esters is 2. The summed E-state index contributed by atoms with van der Waals surface area (Å²) >= 11 is 0. The molecule has 0 heterocycles. The van der Waals surface area contributed by atoms with E-state index in [4.69, 9.17) is 19.7 Å². The molecule has 8 heteroatoms. The number of carboxylic acids is 2. The van der Waals surface area contributed by atoms with Gasteiger partial charge in [-0.3, -0.25) is 9.59 Å². The lowest BCUT2D eigenvalue weighted by Crippen LogP contribution is -2.15. The maximum Gasteiger partial charge on any atom is 0.339 e. The van der Waals surface area contributed by atoms with Crippen LogP contribution in [0.4, 0.5) is 0 Å². The maximum atomic E-state index is 12.4. The Morgan fingerprint density at radius 3 is 1.12 bits per heavy atom. The Kier molecular flexibility index (Phi) is 25.1. The molecule has 0 saturated carbocycles. The number of carboxylic acid groups (broad SMARTS) is 2. The molecule has 0 saturated heterocycles. The normalized spacial score (nSPS) is 9.86. The standard InChI is InChI=1S/C24H38O4.C6H6.C4H6O4/c1-3-5-7-9-11-15-19-27-23(25)21-17-13-14-18-22(21)24(26)28-20-16-12-10-8-6-4-2;1-2-4-6-5-3-1;5-3(6)1-2-4(7)8/h13-14,17-18H,3-12,15-16,19-20H2,1-2H3;1-6H;1-2H2,(H,5,6)(H,7,8). The Hall–Kier alpha value is -3.68. The van der Waals surface area contributed by atoms with Crippen LogP contribution in [0.1, 0.15) is 124 Å². The highest BCUT2D eigenvalue weighted by Crippen LogP contribution is 2.14. The number of ether oxygens (including phenoxy) is 2. The van der Waals surface area contributed by atoms with Crippen LogP contribution in [0, 0.1) is 0 Å². The smallest absolute Gasteiger partial charge is 0.339 e. The predicted octanol–water partition coefficient (Wildman–Crippen LogP) is 8.34. The minimum absolute atomic E-state index is 0.293. The summed E-state index contributed by atoms with van der Waals surface area (Å²) in [4.78, 5) is 44.0. The van der Waals surface area contributed by atoms with Crippen LogP contribution in [0.25, 0.3) is 0 Å². The molecule has 2 aromatic rings. The van der Waals surface area contributed by atoms with Crippen molar-refractivity contribution in [2.75, 3.05) is 13.2 Å². The average molecular weight is 587 g/mol. The van der Waals surface area contributed by atoms with E-state index in [-0.39, 0.29) is 12.8 Å². The van der Waals surface area contributed by atoms with Crippen LogP contribution < -0.4 is 0 Å². The van der Waals surface area contributed by atoms with Crippen LogP contribution in [-0.4, -0.2) is 47.3 Å². The molecular weight excluding hydrogens is 536 g/mol. The molecule has 0 spiro atoms. The van der Waals surface area contributed by atoms with E-state index in [1.54, 1.807) is 24.3 Å². The van der Waals surface area contributed by atoms with Crippen LogP contribution in [0.2, 0.25) is 0 Å². The fourth-order valence-electron chi connectivity index (χ4n) is 3.69. The van der Waals surface area contributed by atoms with E-state index in [0.29, 0.717) is 24.3 Å².